The summed E-state index contributed by atoms with van der Waals surface area (Å²) in [4.78, 5) is 0. The Labute approximate surface area is 135 Å². The van der Waals surface area contributed by atoms with Crippen molar-refractivity contribution in [2.75, 3.05) is 0 Å². The van der Waals surface area contributed by atoms with Crippen molar-refractivity contribution in [3.63, 3.8) is 0 Å². The van der Waals surface area contributed by atoms with E-state index in [1.54, 1.807) is 0 Å². The van der Waals surface area contributed by atoms with Gasteiger partial charge in [-0.25, -0.2) is 0 Å². The third-order valence-electron chi connectivity index (χ3n) is 4.17. The minimum atomic E-state index is 0.765. The van der Waals surface area contributed by atoms with E-state index in [1.165, 1.54) is 38.5 Å². The number of nitrogens with zero attached hydrogens (tertiary/aromatic N) is 2. The second kappa shape index (κ2) is 10.9. The van der Waals surface area contributed by atoms with Crippen LogP contribution in [0.4, 0.5) is 0 Å². The molecule has 0 aliphatic carbocycles. The molecule has 2 nitrogen and oxygen atoms in total. The predicted octanol–water partition coefficient (Wildman–Crippen LogP) is 5.68. The Balaban J connectivity index is 2.79. The molecule has 0 aromatic heterocycles. The number of hydrogen-bond acceptors (Lipinski definition) is 2. The van der Waals surface area contributed by atoms with Crippen LogP contribution in [0.15, 0.2) is 12.1 Å². The van der Waals surface area contributed by atoms with Gasteiger partial charge in [0.2, 0.25) is 0 Å². The lowest BCUT2D eigenvalue weighted by Gasteiger charge is -2.10. The molecule has 0 aliphatic heterocycles. The van der Waals surface area contributed by atoms with Crippen molar-refractivity contribution in [3.05, 3.63) is 34.4 Å². The molecule has 0 bridgehead atoms. The van der Waals surface area contributed by atoms with Gasteiger partial charge in [-0.3, -0.25) is 0 Å². The van der Waals surface area contributed by atoms with Crippen LogP contribution in [0, 0.1) is 22.7 Å². The molecular formula is C20H28N2. The number of rotatable bonds is 10. The Morgan fingerprint density at radius 2 is 1.09 bits per heavy atom. The molecule has 2 heteroatoms. The predicted molar refractivity (Wildman–Crippen MR) is 91.6 cm³/mol. The van der Waals surface area contributed by atoms with E-state index in [-0.39, 0.29) is 0 Å². The third kappa shape index (κ3) is 5.90. The fourth-order valence-electron chi connectivity index (χ4n) is 2.80. The van der Waals surface area contributed by atoms with Crippen molar-refractivity contribution < 1.29 is 0 Å². The van der Waals surface area contributed by atoms with E-state index >= 15 is 0 Å². The second-order valence-corrected chi connectivity index (χ2v) is 6.01. The van der Waals surface area contributed by atoms with E-state index in [9.17, 15) is 10.5 Å². The summed E-state index contributed by atoms with van der Waals surface area (Å²) in [5, 5.41) is 18.8. The molecule has 0 unspecified atom stereocenters. The van der Waals surface area contributed by atoms with Crippen LogP contribution in [-0.2, 0) is 12.8 Å². The van der Waals surface area contributed by atoms with E-state index in [4.69, 9.17) is 0 Å². The van der Waals surface area contributed by atoms with E-state index in [0.29, 0.717) is 0 Å². The van der Waals surface area contributed by atoms with Gasteiger partial charge in [0.1, 0.15) is 0 Å². The summed E-state index contributed by atoms with van der Waals surface area (Å²) in [7, 11) is 0. The zero-order valence-electron chi connectivity index (χ0n) is 14.1. The molecule has 118 valence electrons. The monoisotopic (exact) mass is 296 g/mol. The third-order valence-corrected chi connectivity index (χ3v) is 4.17. The first kappa shape index (κ1) is 18.2. The Kier molecular flexibility index (Phi) is 9.01. The molecule has 1 rings (SSSR count). The molecule has 1 aromatic carbocycles. The molecule has 0 aliphatic rings. The first-order chi connectivity index (χ1) is 10.8. The summed E-state index contributed by atoms with van der Waals surface area (Å²) < 4.78 is 0. The highest BCUT2D eigenvalue weighted by Crippen LogP contribution is 2.21. The molecule has 0 amide bonds. The molecule has 0 saturated heterocycles. The second-order valence-electron chi connectivity index (χ2n) is 6.01. The molecule has 1 aromatic rings. The molecule has 0 N–H and O–H groups in total. The number of benzene rings is 1. The summed E-state index contributed by atoms with van der Waals surface area (Å²) in [5.74, 6) is 0. The topological polar surface area (TPSA) is 47.6 Å². The number of hydrogen-bond donors (Lipinski definition) is 0. The van der Waals surface area contributed by atoms with Gasteiger partial charge in [-0.05, 0) is 48.9 Å². The normalized spacial score (nSPS) is 10.2. The van der Waals surface area contributed by atoms with Crippen LogP contribution >= 0.6 is 0 Å². The maximum atomic E-state index is 9.39. The van der Waals surface area contributed by atoms with Crippen LogP contribution in [-0.4, -0.2) is 0 Å². The largest absolute Gasteiger partial charge is 0.192 e. The first-order valence-corrected chi connectivity index (χ1v) is 8.72. The van der Waals surface area contributed by atoms with Crippen LogP contribution in [0.1, 0.15) is 87.5 Å². The number of unbranched alkanes of at least 4 members (excludes halogenated alkanes) is 6. The van der Waals surface area contributed by atoms with E-state index in [0.717, 1.165) is 47.9 Å². The van der Waals surface area contributed by atoms with Crippen LogP contribution in [0.2, 0.25) is 0 Å². The standard InChI is InChI=1S/C20H28N2/c1-3-5-7-9-11-17-13-20(16-22)18(14-19(17)15-21)12-10-8-6-4-2/h13-14H,3-12H2,1-2H3. The molecule has 0 radical (unpaired) electrons. The summed E-state index contributed by atoms with van der Waals surface area (Å²) in [6, 6.07) is 8.56. The van der Waals surface area contributed by atoms with Gasteiger partial charge in [-0.1, -0.05) is 52.4 Å². The SMILES string of the molecule is CCCCCCc1cc(C#N)c(CCCCCC)cc1C#N. The highest BCUT2D eigenvalue weighted by Gasteiger charge is 2.09. The lowest BCUT2D eigenvalue weighted by molar-refractivity contribution is 0.662. The van der Waals surface area contributed by atoms with Gasteiger partial charge in [0.15, 0.2) is 0 Å². The number of aryl methyl sites for hydroxylation is 2. The lowest BCUT2D eigenvalue weighted by Crippen LogP contribution is -1.98. The Morgan fingerprint density at radius 3 is 1.41 bits per heavy atom. The van der Waals surface area contributed by atoms with E-state index < -0.39 is 0 Å². The van der Waals surface area contributed by atoms with Crippen LogP contribution < -0.4 is 0 Å². The van der Waals surface area contributed by atoms with Gasteiger partial charge in [0.05, 0.1) is 23.3 Å². The highest BCUT2D eigenvalue weighted by molar-refractivity contribution is 5.49. The Bertz CT molecular complexity index is 482. The molecule has 0 heterocycles. The zero-order valence-corrected chi connectivity index (χ0v) is 14.1. The maximum Gasteiger partial charge on any atom is 0.0994 e. The Hall–Kier alpha value is -1.80. The van der Waals surface area contributed by atoms with Crippen molar-refractivity contribution in [1.29, 1.82) is 10.5 Å². The van der Waals surface area contributed by atoms with Gasteiger partial charge >= 0.3 is 0 Å². The fourth-order valence-corrected chi connectivity index (χ4v) is 2.80. The minimum Gasteiger partial charge on any atom is -0.192 e. The summed E-state index contributed by atoms with van der Waals surface area (Å²) in [6.07, 6.45) is 11.3. The highest BCUT2D eigenvalue weighted by atomic mass is 14.3. The average Bonchev–Trinajstić information content (AvgIpc) is 2.55. The van der Waals surface area contributed by atoms with Crippen molar-refractivity contribution in [1.82, 2.24) is 0 Å². The van der Waals surface area contributed by atoms with Gasteiger partial charge in [0, 0.05) is 0 Å². The smallest absolute Gasteiger partial charge is 0.0994 e. The van der Waals surface area contributed by atoms with E-state index in [1.807, 2.05) is 12.1 Å². The molecule has 22 heavy (non-hydrogen) atoms. The molecule has 0 fully saturated rings. The fraction of sp³-hybridized carbons (Fsp3) is 0.600. The average molecular weight is 296 g/mol. The molecular weight excluding hydrogens is 268 g/mol. The van der Waals surface area contributed by atoms with Gasteiger partial charge in [-0.15, -0.1) is 0 Å². The van der Waals surface area contributed by atoms with Gasteiger partial charge in [0.25, 0.3) is 0 Å². The van der Waals surface area contributed by atoms with Crippen molar-refractivity contribution in [2.24, 2.45) is 0 Å². The quantitative estimate of drug-likeness (QED) is 0.522. The van der Waals surface area contributed by atoms with Crippen LogP contribution in [0.5, 0.6) is 0 Å². The van der Waals surface area contributed by atoms with Crippen molar-refractivity contribution in [3.8, 4) is 12.1 Å². The van der Waals surface area contributed by atoms with Crippen molar-refractivity contribution >= 4 is 0 Å². The minimum absolute atomic E-state index is 0.765. The zero-order chi connectivity index (χ0) is 16.2. The number of nitriles is 2. The first-order valence-electron chi connectivity index (χ1n) is 8.72. The van der Waals surface area contributed by atoms with Crippen LogP contribution in [0.3, 0.4) is 0 Å². The maximum absolute atomic E-state index is 9.39. The van der Waals surface area contributed by atoms with Crippen molar-refractivity contribution in [2.45, 2.75) is 78.1 Å². The summed E-state index contributed by atoms with van der Waals surface area (Å²) in [5.41, 5.74) is 3.63. The van der Waals surface area contributed by atoms with E-state index in [2.05, 4.69) is 26.0 Å². The van der Waals surface area contributed by atoms with Crippen LogP contribution in [0.25, 0.3) is 0 Å². The van der Waals surface area contributed by atoms with Gasteiger partial charge < -0.3 is 0 Å². The molecule has 0 saturated carbocycles. The summed E-state index contributed by atoms with van der Waals surface area (Å²) >= 11 is 0. The summed E-state index contributed by atoms with van der Waals surface area (Å²) in [6.45, 7) is 4.39. The Morgan fingerprint density at radius 1 is 0.682 bits per heavy atom. The lowest BCUT2D eigenvalue weighted by atomic mass is 9.93. The van der Waals surface area contributed by atoms with Gasteiger partial charge in [-0.2, -0.15) is 10.5 Å². The molecule has 0 atom stereocenters. The molecule has 0 spiro atoms.